The van der Waals surface area contributed by atoms with E-state index in [2.05, 4.69) is 24.6 Å². The minimum absolute atomic E-state index is 0.0186. The normalized spacial score (nSPS) is 18.3. The van der Waals surface area contributed by atoms with Crippen LogP contribution >= 0.6 is 30.9 Å². The Kier molecular flexibility index (Phi) is 16.8. The molecule has 5 aromatic carbocycles. The van der Waals surface area contributed by atoms with Gasteiger partial charge in [0.15, 0.2) is 0 Å². The maximum absolute atomic E-state index is 15.0. The Labute approximate surface area is 456 Å². The summed E-state index contributed by atoms with van der Waals surface area (Å²) >= 11 is 7.74. The van der Waals surface area contributed by atoms with Gasteiger partial charge in [-0.25, -0.2) is 13.2 Å². The van der Waals surface area contributed by atoms with Gasteiger partial charge in [-0.15, -0.1) is 11.8 Å². The molecule has 408 valence electrons. The summed E-state index contributed by atoms with van der Waals surface area (Å²) in [5.74, 6) is -1.91. The predicted octanol–water partition coefficient (Wildman–Crippen LogP) is 11.8. The minimum atomic E-state index is -5.97. The second-order valence-corrected chi connectivity index (χ2v) is 25.6. The van der Waals surface area contributed by atoms with Gasteiger partial charge in [0.25, 0.3) is 9.84 Å². The van der Waals surface area contributed by atoms with E-state index in [1.807, 2.05) is 99.6 Å². The molecule has 3 aliphatic rings. The van der Waals surface area contributed by atoms with Crippen LogP contribution in [0.3, 0.4) is 0 Å². The Balaban J connectivity index is 0.920. The third-order valence-corrected chi connectivity index (χ3v) is 20.1. The number of aromatic carboxylic acids is 1. The van der Waals surface area contributed by atoms with Crippen LogP contribution in [-0.2, 0) is 23.7 Å². The van der Waals surface area contributed by atoms with E-state index in [1.54, 1.807) is 24.3 Å². The Morgan fingerprint density at radius 2 is 1.45 bits per heavy atom. The molecule has 1 unspecified atom stereocenters. The SMILES string of the molecule is Cc1c(C(=O)O)c(-c2cccc(N3CCN(c4ccc(N5CCO[P@]5(=O)c5ccc(NC(CCN6CCC(C(=O)O)CC6)CSc6ccccc6)c(S(=O)(=O)C(F)(F)F)c5)cc4)CC3)c2)c(-c2ccc(Cl)cc2)n1C(C)C. The standard InChI is InChI=1S/C56H61ClF3N6O8PS2/c1-37(2)66-38(3)51(55(69)70)52(53(66)39-12-14-42(57)15-13-39)41-8-7-9-46(34-41)64-30-28-63(29-31-64)44-16-18-45(19-17-44)65-32-33-74-75(65,71)47-20-21-49(50(35-47)77(72,73)56(58,59)60)61-43(36-76-48-10-5-4-6-11-48)24-27-62-25-22-40(23-26-62)54(67)68/h4-21,34-35,37,40,43,61H,22-33,36H2,1-3H3,(H,67,68)(H,69,70)/t43?,75-/m1/s1. The number of carboxylic acids is 2. The average Bonchev–Trinajstić information content (AvgIpc) is 4.01. The van der Waals surface area contributed by atoms with Crippen LogP contribution in [0.25, 0.3) is 22.4 Å². The van der Waals surface area contributed by atoms with Crippen LogP contribution in [-0.4, -0.2) is 116 Å². The molecule has 6 aromatic rings. The van der Waals surface area contributed by atoms with E-state index >= 15 is 0 Å². The quantitative estimate of drug-likeness (QED) is 0.0550. The molecule has 77 heavy (non-hydrogen) atoms. The summed E-state index contributed by atoms with van der Waals surface area (Å²) in [4.78, 5) is 30.9. The van der Waals surface area contributed by atoms with Crippen molar-refractivity contribution in [3.8, 4) is 22.4 Å². The molecule has 14 nitrogen and oxygen atoms in total. The molecule has 0 bridgehead atoms. The zero-order valence-corrected chi connectivity index (χ0v) is 46.1. The fourth-order valence-electron chi connectivity index (χ4n) is 10.7. The van der Waals surface area contributed by atoms with Crippen LogP contribution < -0.4 is 25.1 Å². The topological polar surface area (TPSA) is 165 Å². The van der Waals surface area contributed by atoms with Gasteiger partial charge in [0.1, 0.15) is 4.90 Å². The van der Waals surface area contributed by atoms with E-state index in [0.717, 1.165) is 39.2 Å². The summed E-state index contributed by atoms with van der Waals surface area (Å²) in [6.07, 6.45) is 1.37. The Morgan fingerprint density at radius 1 is 0.805 bits per heavy atom. The first kappa shape index (κ1) is 55.8. The van der Waals surface area contributed by atoms with Gasteiger partial charge in [0.2, 0.25) is 0 Å². The Morgan fingerprint density at radius 3 is 2.08 bits per heavy atom. The summed E-state index contributed by atoms with van der Waals surface area (Å²) in [5.41, 5.74) is 0.340. The Hall–Kier alpha value is -5.95. The number of halogens is 4. The monoisotopic (exact) mass is 1130 g/mol. The number of piperidine rings is 1. The van der Waals surface area contributed by atoms with Crippen LogP contribution in [0.1, 0.15) is 55.2 Å². The maximum atomic E-state index is 15.0. The second kappa shape index (κ2) is 23.2. The molecule has 3 saturated heterocycles. The molecule has 2 atom stereocenters. The van der Waals surface area contributed by atoms with Crippen molar-refractivity contribution < 1.29 is 50.5 Å². The molecule has 0 aliphatic carbocycles. The highest BCUT2D eigenvalue weighted by Crippen LogP contribution is 2.56. The van der Waals surface area contributed by atoms with Crippen molar-refractivity contribution in [1.82, 2.24) is 9.47 Å². The number of aromatic nitrogens is 1. The number of likely N-dealkylation sites (tertiary alicyclic amines) is 1. The molecule has 1 aromatic heterocycles. The van der Waals surface area contributed by atoms with Crippen LogP contribution in [0.5, 0.6) is 0 Å². The van der Waals surface area contributed by atoms with E-state index in [9.17, 15) is 46.0 Å². The van der Waals surface area contributed by atoms with Crippen LogP contribution in [0, 0.1) is 12.8 Å². The molecule has 3 aliphatic heterocycles. The number of hydrogen-bond donors (Lipinski definition) is 3. The van der Waals surface area contributed by atoms with Crippen molar-refractivity contribution >= 4 is 80.7 Å². The van der Waals surface area contributed by atoms with E-state index in [0.29, 0.717) is 92.8 Å². The third kappa shape index (κ3) is 11.9. The first-order valence-electron chi connectivity index (χ1n) is 25.6. The second-order valence-electron chi connectivity index (χ2n) is 19.8. The molecular weight excluding hydrogens is 1070 g/mol. The highest BCUT2D eigenvalue weighted by Gasteiger charge is 2.49. The molecule has 0 amide bonds. The van der Waals surface area contributed by atoms with Crippen molar-refractivity contribution in [1.29, 1.82) is 0 Å². The maximum Gasteiger partial charge on any atom is 0.501 e. The van der Waals surface area contributed by atoms with Crippen molar-refractivity contribution in [2.45, 2.75) is 67.4 Å². The van der Waals surface area contributed by atoms with Crippen LogP contribution in [0.2, 0.25) is 5.02 Å². The van der Waals surface area contributed by atoms with Gasteiger partial charge in [-0.1, -0.05) is 54.1 Å². The van der Waals surface area contributed by atoms with Gasteiger partial charge in [-0.3, -0.25) is 14.0 Å². The van der Waals surface area contributed by atoms with Crippen molar-refractivity contribution in [2.75, 3.05) is 84.5 Å². The third-order valence-electron chi connectivity index (χ3n) is 14.6. The summed E-state index contributed by atoms with van der Waals surface area (Å²) in [5, 5.41) is 23.6. The number of thioether (sulfide) groups is 1. The van der Waals surface area contributed by atoms with E-state index in [4.69, 9.17) is 16.1 Å². The number of nitrogens with zero attached hydrogens (tertiary/aromatic N) is 5. The van der Waals surface area contributed by atoms with E-state index in [1.165, 1.54) is 28.6 Å². The molecule has 3 fully saturated rings. The molecule has 4 heterocycles. The number of rotatable bonds is 18. The van der Waals surface area contributed by atoms with Gasteiger partial charge in [0.05, 0.1) is 41.3 Å². The zero-order valence-electron chi connectivity index (χ0n) is 42.8. The van der Waals surface area contributed by atoms with Crippen LogP contribution in [0.4, 0.5) is 35.9 Å². The molecule has 3 N–H and O–H groups in total. The molecule has 9 rings (SSSR count). The van der Waals surface area contributed by atoms with Gasteiger partial charge in [0, 0.05) is 88.8 Å². The number of aliphatic carboxylic acids is 1. The molecule has 0 radical (unpaired) electrons. The number of carbonyl (C=O) groups is 2. The number of hydrogen-bond acceptors (Lipinski definition) is 11. The smallest absolute Gasteiger partial charge is 0.481 e. The lowest BCUT2D eigenvalue weighted by Gasteiger charge is -2.37. The number of carboxylic acid groups (broad SMARTS) is 2. The number of piperazine rings is 1. The fourth-order valence-corrected chi connectivity index (χ4v) is 15.1. The average molecular weight is 1130 g/mol. The number of anilines is 4. The van der Waals surface area contributed by atoms with E-state index < -0.39 is 51.7 Å². The van der Waals surface area contributed by atoms with Gasteiger partial charge >= 0.3 is 25.0 Å². The minimum Gasteiger partial charge on any atom is -0.481 e. The van der Waals surface area contributed by atoms with E-state index in [-0.39, 0.29) is 35.7 Å². The van der Waals surface area contributed by atoms with Crippen LogP contribution in [0.15, 0.2) is 131 Å². The lowest BCUT2D eigenvalue weighted by atomic mass is 9.96. The van der Waals surface area contributed by atoms with Gasteiger partial charge < -0.3 is 39.3 Å². The fraction of sp³-hybridized carbons (Fsp3) is 0.357. The van der Waals surface area contributed by atoms with Crippen molar-refractivity contribution in [2.24, 2.45) is 5.92 Å². The first-order chi connectivity index (χ1) is 36.7. The summed E-state index contributed by atoms with van der Waals surface area (Å²) in [6.45, 7) is 10.2. The van der Waals surface area contributed by atoms with Crippen molar-refractivity contribution in [3.63, 3.8) is 0 Å². The van der Waals surface area contributed by atoms with Crippen molar-refractivity contribution in [3.05, 3.63) is 138 Å². The molecule has 0 saturated carbocycles. The predicted molar refractivity (Wildman–Crippen MR) is 299 cm³/mol. The number of alkyl halides is 3. The summed E-state index contributed by atoms with van der Waals surface area (Å²) in [6, 6.07) is 35.0. The molecule has 0 spiro atoms. The zero-order chi connectivity index (χ0) is 54.8. The first-order valence-corrected chi connectivity index (χ1v) is 30.0. The summed E-state index contributed by atoms with van der Waals surface area (Å²) in [7, 11) is -10.1. The molecular formula is C56H61ClF3N6O8PS2. The molecule has 21 heteroatoms. The highest BCUT2D eigenvalue weighted by atomic mass is 35.5. The largest absolute Gasteiger partial charge is 0.501 e. The van der Waals surface area contributed by atoms with Gasteiger partial charge in [-0.2, -0.15) is 13.2 Å². The number of nitrogens with one attached hydrogen (secondary N) is 1. The number of sulfone groups is 1. The lowest BCUT2D eigenvalue weighted by Crippen LogP contribution is -2.46. The summed E-state index contributed by atoms with van der Waals surface area (Å²) < 4.78 is 95.0. The highest BCUT2D eigenvalue weighted by molar-refractivity contribution is 7.99. The Bertz CT molecular complexity index is 3260. The van der Waals surface area contributed by atoms with Gasteiger partial charge in [-0.05, 0) is 143 Å². The lowest BCUT2D eigenvalue weighted by molar-refractivity contribution is -0.143. The number of benzene rings is 5.